The number of piperidine rings is 2. The summed E-state index contributed by atoms with van der Waals surface area (Å²) in [7, 11) is 3.84. The number of amides is 8. The van der Waals surface area contributed by atoms with Crippen LogP contribution in [0.5, 0.6) is 0 Å². The first-order chi connectivity index (χ1) is 42.1. The van der Waals surface area contributed by atoms with Crippen LogP contribution in [0.2, 0.25) is 0 Å². The Morgan fingerprint density at radius 1 is 0.472 bits per heavy atom. The Morgan fingerprint density at radius 3 is 1.01 bits per heavy atom. The van der Waals surface area contributed by atoms with Crippen LogP contribution in [-0.2, 0) is 63.9 Å². The van der Waals surface area contributed by atoms with Gasteiger partial charge in [0.2, 0.25) is 23.6 Å². The van der Waals surface area contributed by atoms with Crippen LogP contribution in [0.15, 0.2) is 121 Å². The third-order valence-electron chi connectivity index (χ3n) is 16.2. The van der Waals surface area contributed by atoms with Crippen molar-refractivity contribution in [2.24, 2.45) is 35.1 Å². The SMILES string of the molecule is CNC1CCN(C(=O)C(NC(=O)C(Cc2ccccc2)CC(O)C(Cc2ccccc2)NC(=O)OCC(N)=O)C(C)C)CC1.CNC1CCN(C(=O)C(NC(=O)C(Cc2ccccc2)CC(O)C(Cc2ccccc2)NC(=O)OCC(N)=O)C(C)C)CC1.O. The molecule has 2 heterocycles. The van der Waals surface area contributed by atoms with E-state index < -0.39 is 85.4 Å². The van der Waals surface area contributed by atoms with Crippen molar-refractivity contribution < 1.29 is 63.5 Å². The topological polar surface area (TPSA) is 358 Å². The van der Waals surface area contributed by atoms with Gasteiger partial charge in [0.15, 0.2) is 13.2 Å². The average Bonchev–Trinajstić information content (AvgIpc) is 2.75. The first-order valence-electron chi connectivity index (χ1n) is 30.6. The van der Waals surface area contributed by atoms with Gasteiger partial charge in [-0.3, -0.25) is 28.8 Å². The molecule has 0 saturated carbocycles. The lowest BCUT2D eigenvalue weighted by Crippen LogP contribution is -2.55. The fraction of sp³-hybridized carbons (Fsp3) is 0.515. The third-order valence-corrected chi connectivity index (χ3v) is 16.2. The first-order valence-corrected chi connectivity index (χ1v) is 30.6. The molecule has 0 aromatic heterocycles. The highest BCUT2D eigenvalue weighted by atomic mass is 16.6. The normalized spacial score (nSPS) is 16.2. The molecule has 8 amide bonds. The van der Waals surface area contributed by atoms with Crippen LogP contribution in [0.25, 0.3) is 0 Å². The molecule has 0 bridgehead atoms. The Bertz CT molecular complexity index is 2600. The average molecular weight is 1240 g/mol. The van der Waals surface area contributed by atoms with Gasteiger partial charge < -0.3 is 78.3 Å². The van der Waals surface area contributed by atoms with Crippen LogP contribution in [0.4, 0.5) is 9.59 Å². The molecular weight excluding hydrogens is 1140 g/mol. The summed E-state index contributed by atoms with van der Waals surface area (Å²) in [6, 6.07) is 35.1. The number of nitrogens with zero attached hydrogens (tertiary/aromatic N) is 2. The van der Waals surface area contributed by atoms with Gasteiger partial charge in [-0.05, 0) is 112 Å². The van der Waals surface area contributed by atoms with Crippen molar-refractivity contribution in [1.29, 1.82) is 0 Å². The number of nitrogens with two attached hydrogens (primary N) is 2. The molecule has 488 valence electrons. The van der Waals surface area contributed by atoms with Crippen LogP contribution < -0.4 is 43.4 Å². The quantitative estimate of drug-likeness (QED) is 0.0359. The monoisotopic (exact) mass is 1240 g/mol. The molecule has 2 aliphatic rings. The molecule has 0 spiro atoms. The summed E-state index contributed by atoms with van der Waals surface area (Å²) in [5.74, 6) is -4.24. The largest absolute Gasteiger partial charge is 0.439 e. The summed E-state index contributed by atoms with van der Waals surface area (Å²) in [4.78, 5) is 106. The molecule has 2 fully saturated rings. The minimum absolute atomic E-state index is 0. The number of carbonyl (C=O) groups excluding carboxylic acids is 8. The van der Waals surface area contributed by atoms with Gasteiger partial charge in [-0.1, -0.05) is 149 Å². The number of nitrogens with one attached hydrogen (secondary N) is 6. The van der Waals surface area contributed by atoms with Crippen molar-refractivity contribution >= 4 is 47.6 Å². The van der Waals surface area contributed by atoms with E-state index in [0.29, 0.717) is 51.1 Å². The molecule has 8 unspecified atom stereocenters. The number of carbonyl (C=O) groups is 8. The first kappa shape index (κ1) is 73.5. The van der Waals surface area contributed by atoms with Crippen molar-refractivity contribution in [3.05, 3.63) is 144 Å². The van der Waals surface area contributed by atoms with Gasteiger partial charge in [-0.25, -0.2) is 9.59 Å². The number of rotatable bonds is 30. The number of likely N-dealkylation sites (tertiary alicyclic amines) is 2. The molecule has 14 N–H and O–H groups in total. The van der Waals surface area contributed by atoms with Gasteiger partial charge in [0.05, 0.1) is 24.3 Å². The van der Waals surface area contributed by atoms with E-state index in [1.54, 1.807) is 0 Å². The Balaban J connectivity index is 0.000000376. The number of hydrogen-bond donors (Lipinski definition) is 10. The standard InChI is InChI=1S/2C33H47N5O6.H2O/c2*1-22(2)30(32(42)38-16-14-26(35-3)15-17-38)37-31(41)25(18-23-10-6-4-7-11-23)20-28(39)27(19-24-12-8-5-9-13-24)36-33(43)44-21-29(34)40;/h2*4-13,22,25-28,30,35,39H,14-21H2,1-3H3,(H2,34,40)(H,36,43)(H,37,41);1H2. The second kappa shape index (κ2) is 38.4. The van der Waals surface area contributed by atoms with E-state index in [1.165, 1.54) is 0 Å². The fourth-order valence-electron chi connectivity index (χ4n) is 11.0. The van der Waals surface area contributed by atoms with Gasteiger partial charge in [-0.15, -0.1) is 0 Å². The number of aliphatic hydroxyl groups excluding tert-OH is 2. The van der Waals surface area contributed by atoms with E-state index in [2.05, 4.69) is 31.9 Å². The van der Waals surface area contributed by atoms with Crippen LogP contribution in [0.1, 0.15) is 88.5 Å². The maximum absolute atomic E-state index is 13.9. The molecule has 23 nitrogen and oxygen atoms in total. The van der Waals surface area contributed by atoms with E-state index in [4.69, 9.17) is 20.9 Å². The maximum atomic E-state index is 13.9. The lowest BCUT2D eigenvalue weighted by Gasteiger charge is -2.36. The zero-order chi connectivity index (χ0) is 64.1. The minimum atomic E-state index is -1.16. The Hall–Kier alpha value is -7.96. The number of aliphatic hydroxyl groups is 2. The molecule has 0 radical (unpaired) electrons. The third kappa shape index (κ3) is 25.6. The molecule has 6 rings (SSSR count). The van der Waals surface area contributed by atoms with Crippen molar-refractivity contribution in [3.63, 3.8) is 0 Å². The second-order valence-corrected chi connectivity index (χ2v) is 23.6. The summed E-state index contributed by atoms with van der Waals surface area (Å²) in [6.45, 7) is 8.89. The van der Waals surface area contributed by atoms with Crippen LogP contribution >= 0.6 is 0 Å². The van der Waals surface area contributed by atoms with E-state index in [-0.39, 0.29) is 66.6 Å². The van der Waals surface area contributed by atoms with Crippen LogP contribution in [-0.4, -0.2) is 175 Å². The molecule has 4 aromatic carbocycles. The van der Waals surface area contributed by atoms with Gasteiger partial charge in [0, 0.05) is 50.1 Å². The molecule has 89 heavy (non-hydrogen) atoms. The molecule has 23 heteroatoms. The van der Waals surface area contributed by atoms with E-state index in [9.17, 15) is 48.6 Å². The predicted molar refractivity (Wildman–Crippen MR) is 338 cm³/mol. The summed E-state index contributed by atoms with van der Waals surface area (Å²) < 4.78 is 9.77. The zero-order valence-corrected chi connectivity index (χ0v) is 52.3. The molecule has 8 atom stereocenters. The van der Waals surface area contributed by atoms with Crippen LogP contribution in [0.3, 0.4) is 0 Å². The molecule has 4 aromatic rings. The van der Waals surface area contributed by atoms with Gasteiger partial charge in [0.1, 0.15) is 12.1 Å². The Morgan fingerprint density at radius 2 is 0.753 bits per heavy atom. The molecular formula is C66H96N10O13. The van der Waals surface area contributed by atoms with E-state index in [1.807, 2.05) is 173 Å². The minimum Gasteiger partial charge on any atom is -0.439 e. The van der Waals surface area contributed by atoms with Crippen molar-refractivity contribution in [2.45, 2.75) is 140 Å². The van der Waals surface area contributed by atoms with E-state index in [0.717, 1.165) is 47.9 Å². The molecule has 2 aliphatic heterocycles. The number of ether oxygens (including phenoxy) is 2. The highest BCUT2D eigenvalue weighted by Gasteiger charge is 2.37. The fourth-order valence-corrected chi connectivity index (χ4v) is 11.0. The van der Waals surface area contributed by atoms with Crippen molar-refractivity contribution in [1.82, 2.24) is 41.7 Å². The summed E-state index contributed by atoms with van der Waals surface area (Å²) >= 11 is 0. The highest BCUT2D eigenvalue weighted by Crippen LogP contribution is 2.24. The zero-order valence-electron chi connectivity index (χ0n) is 52.3. The predicted octanol–water partition coefficient (Wildman–Crippen LogP) is 2.72. The van der Waals surface area contributed by atoms with E-state index >= 15 is 0 Å². The highest BCUT2D eigenvalue weighted by molar-refractivity contribution is 5.90. The van der Waals surface area contributed by atoms with Gasteiger partial charge in [0.25, 0.3) is 11.8 Å². The molecule has 2 saturated heterocycles. The lowest BCUT2D eigenvalue weighted by atomic mass is 9.88. The number of alkyl carbamates (subject to hydrolysis) is 2. The lowest BCUT2D eigenvalue weighted by molar-refractivity contribution is -0.140. The Kier molecular flexibility index (Phi) is 31.8. The smallest absolute Gasteiger partial charge is 0.407 e. The number of hydrogen-bond acceptors (Lipinski definition) is 14. The van der Waals surface area contributed by atoms with Gasteiger partial charge >= 0.3 is 12.2 Å². The Labute approximate surface area is 523 Å². The summed E-state index contributed by atoms with van der Waals surface area (Å²) in [6.07, 6.45) is 0.413. The van der Waals surface area contributed by atoms with Crippen LogP contribution in [0, 0.1) is 23.7 Å². The van der Waals surface area contributed by atoms with Crippen molar-refractivity contribution in [3.8, 4) is 0 Å². The number of benzene rings is 4. The van der Waals surface area contributed by atoms with Gasteiger partial charge in [-0.2, -0.15) is 0 Å². The molecule has 0 aliphatic carbocycles. The second-order valence-electron chi connectivity index (χ2n) is 23.6. The summed E-state index contributed by atoms with van der Waals surface area (Å²) in [5, 5.41) is 40.8. The summed E-state index contributed by atoms with van der Waals surface area (Å²) in [5.41, 5.74) is 13.7. The van der Waals surface area contributed by atoms with Crippen molar-refractivity contribution in [2.75, 3.05) is 53.5 Å². The number of primary amides is 2. The maximum Gasteiger partial charge on any atom is 0.407 e.